The van der Waals surface area contributed by atoms with Crippen molar-refractivity contribution in [2.24, 2.45) is 0 Å². The molecule has 2 heterocycles. The van der Waals surface area contributed by atoms with Crippen LogP contribution in [0.25, 0.3) is 0 Å². The number of hydrogen-bond donors (Lipinski definition) is 0. The first kappa shape index (κ1) is 17.5. The first-order chi connectivity index (χ1) is 11.4. The van der Waals surface area contributed by atoms with E-state index in [1.54, 1.807) is 0 Å². The lowest BCUT2D eigenvalue weighted by Gasteiger charge is -2.45. The van der Waals surface area contributed by atoms with Crippen LogP contribution in [0.4, 0.5) is 8.78 Å². The molecule has 4 nitrogen and oxygen atoms in total. The lowest BCUT2D eigenvalue weighted by atomic mass is 9.87. The maximum atomic E-state index is 13.5. The van der Waals surface area contributed by atoms with Crippen LogP contribution >= 0.6 is 0 Å². The fourth-order valence-electron chi connectivity index (χ4n) is 3.96. The molecule has 0 saturated carbocycles. The average molecular weight is 356 g/mol. The van der Waals surface area contributed by atoms with E-state index in [-0.39, 0.29) is 10.4 Å². The Morgan fingerprint density at radius 3 is 2.54 bits per heavy atom. The Morgan fingerprint density at radius 2 is 1.88 bits per heavy atom. The van der Waals surface area contributed by atoms with Crippen molar-refractivity contribution < 1.29 is 17.2 Å². The van der Waals surface area contributed by atoms with E-state index in [0.29, 0.717) is 13.1 Å². The number of benzene rings is 1. The Hall–Kier alpha value is -1.31. The summed E-state index contributed by atoms with van der Waals surface area (Å²) in [5, 5.41) is 0. The average Bonchev–Trinajstić information content (AvgIpc) is 2.92. The van der Waals surface area contributed by atoms with Gasteiger partial charge in [-0.3, -0.25) is 4.90 Å². The molecule has 0 bridgehead atoms. The van der Waals surface area contributed by atoms with Gasteiger partial charge in [0, 0.05) is 25.2 Å². The Kier molecular flexibility index (Phi) is 4.77. The van der Waals surface area contributed by atoms with Crippen LogP contribution in [0.3, 0.4) is 0 Å². The second-order valence-electron chi connectivity index (χ2n) is 6.58. The molecule has 0 aliphatic carbocycles. The molecule has 0 aromatic heterocycles. The highest BCUT2D eigenvalue weighted by Crippen LogP contribution is 2.38. The number of likely N-dealkylation sites (tertiary alicyclic amines) is 1. The van der Waals surface area contributed by atoms with Gasteiger partial charge in [-0.15, -0.1) is 6.58 Å². The van der Waals surface area contributed by atoms with E-state index in [1.165, 1.54) is 4.31 Å². The molecule has 1 spiro atoms. The van der Waals surface area contributed by atoms with Crippen molar-refractivity contribution in [3.63, 3.8) is 0 Å². The van der Waals surface area contributed by atoms with Crippen LogP contribution in [-0.2, 0) is 10.0 Å². The molecule has 1 aromatic rings. The van der Waals surface area contributed by atoms with Crippen LogP contribution in [0, 0.1) is 11.6 Å². The van der Waals surface area contributed by atoms with Gasteiger partial charge in [0.05, 0.1) is 4.90 Å². The standard InChI is InChI=1S/C17H22F2N2O2S/c1-2-9-20-10-3-7-17(20)8-4-11-21(13-17)24(22,23)14-5-6-15(18)16(19)12-14/h2,5-6,12H,1,3-4,7-11,13H2/t17-/m1/s1. The van der Waals surface area contributed by atoms with Crippen molar-refractivity contribution in [1.82, 2.24) is 9.21 Å². The molecular formula is C17H22F2N2O2S. The molecule has 0 amide bonds. The van der Waals surface area contributed by atoms with Gasteiger partial charge in [-0.25, -0.2) is 17.2 Å². The minimum Gasteiger partial charge on any atom is -0.293 e. The number of nitrogens with zero attached hydrogens (tertiary/aromatic N) is 2. The SMILES string of the molecule is C=CCN1CCC[C@]12CCCN(S(=O)(=O)c1ccc(F)c(F)c1)C2. The highest BCUT2D eigenvalue weighted by atomic mass is 32.2. The van der Waals surface area contributed by atoms with E-state index in [0.717, 1.165) is 57.0 Å². The third-order valence-electron chi connectivity index (χ3n) is 5.14. The van der Waals surface area contributed by atoms with E-state index in [9.17, 15) is 17.2 Å². The number of piperidine rings is 1. The predicted octanol–water partition coefficient (Wildman–Crippen LogP) is 2.77. The third kappa shape index (κ3) is 3.00. The van der Waals surface area contributed by atoms with Gasteiger partial charge in [-0.1, -0.05) is 6.08 Å². The minimum absolute atomic E-state index is 0.169. The molecule has 1 aromatic carbocycles. The number of sulfonamides is 1. The second-order valence-corrected chi connectivity index (χ2v) is 8.52. The van der Waals surface area contributed by atoms with Gasteiger partial charge in [0.2, 0.25) is 10.0 Å². The summed E-state index contributed by atoms with van der Waals surface area (Å²) in [6, 6.07) is 2.76. The smallest absolute Gasteiger partial charge is 0.243 e. The summed E-state index contributed by atoms with van der Waals surface area (Å²) in [6.07, 6.45) is 5.54. The summed E-state index contributed by atoms with van der Waals surface area (Å²) in [6.45, 7) is 6.25. The van der Waals surface area contributed by atoms with E-state index in [1.807, 2.05) is 6.08 Å². The maximum Gasteiger partial charge on any atom is 0.243 e. The largest absolute Gasteiger partial charge is 0.293 e. The van der Waals surface area contributed by atoms with Crippen LogP contribution in [0.15, 0.2) is 35.7 Å². The summed E-state index contributed by atoms with van der Waals surface area (Å²) in [7, 11) is -3.83. The Bertz CT molecular complexity index is 738. The van der Waals surface area contributed by atoms with Gasteiger partial charge >= 0.3 is 0 Å². The van der Waals surface area contributed by atoms with Gasteiger partial charge in [0.1, 0.15) is 0 Å². The van der Waals surface area contributed by atoms with Gasteiger partial charge < -0.3 is 0 Å². The quantitative estimate of drug-likeness (QED) is 0.779. The van der Waals surface area contributed by atoms with Crippen molar-refractivity contribution in [3.8, 4) is 0 Å². The zero-order valence-electron chi connectivity index (χ0n) is 13.5. The zero-order valence-corrected chi connectivity index (χ0v) is 14.4. The predicted molar refractivity (Wildman–Crippen MR) is 88.1 cm³/mol. The van der Waals surface area contributed by atoms with Gasteiger partial charge in [0.25, 0.3) is 0 Å². The molecule has 1 atom stereocenters. The van der Waals surface area contributed by atoms with E-state index < -0.39 is 21.7 Å². The summed E-state index contributed by atoms with van der Waals surface area (Å²) >= 11 is 0. The molecule has 2 saturated heterocycles. The van der Waals surface area contributed by atoms with Crippen molar-refractivity contribution in [3.05, 3.63) is 42.5 Å². The van der Waals surface area contributed by atoms with E-state index in [2.05, 4.69) is 11.5 Å². The normalized spacial score (nSPS) is 26.1. The molecular weight excluding hydrogens is 334 g/mol. The van der Waals surface area contributed by atoms with Crippen molar-refractivity contribution in [1.29, 1.82) is 0 Å². The van der Waals surface area contributed by atoms with Crippen LogP contribution in [0.2, 0.25) is 0 Å². The zero-order chi connectivity index (χ0) is 17.4. The first-order valence-electron chi connectivity index (χ1n) is 8.20. The maximum absolute atomic E-state index is 13.5. The first-order valence-corrected chi connectivity index (χ1v) is 9.64. The van der Waals surface area contributed by atoms with Gasteiger partial charge in [-0.05, 0) is 50.4 Å². The summed E-state index contributed by atoms with van der Waals surface area (Å²) in [4.78, 5) is 2.11. The Morgan fingerprint density at radius 1 is 1.17 bits per heavy atom. The topological polar surface area (TPSA) is 40.6 Å². The number of rotatable bonds is 4. The fraction of sp³-hybridized carbons (Fsp3) is 0.529. The fourth-order valence-corrected chi connectivity index (χ4v) is 5.53. The van der Waals surface area contributed by atoms with Crippen LogP contribution in [0.1, 0.15) is 25.7 Å². The molecule has 7 heteroatoms. The minimum atomic E-state index is -3.83. The number of hydrogen-bond acceptors (Lipinski definition) is 3. The summed E-state index contributed by atoms with van der Waals surface area (Å²) in [5.41, 5.74) is -0.169. The lowest BCUT2D eigenvalue weighted by molar-refractivity contribution is 0.0841. The molecule has 2 fully saturated rings. The Balaban J connectivity index is 1.88. The van der Waals surface area contributed by atoms with Crippen LogP contribution < -0.4 is 0 Å². The van der Waals surface area contributed by atoms with Crippen molar-refractivity contribution >= 4 is 10.0 Å². The molecule has 0 unspecified atom stereocenters. The van der Waals surface area contributed by atoms with Crippen molar-refractivity contribution in [2.45, 2.75) is 36.1 Å². The van der Waals surface area contributed by atoms with Gasteiger partial charge in [-0.2, -0.15) is 4.31 Å². The van der Waals surface area contributed by atoms with Crippen molar-refractivity contribution in [2.75, 3.05) is 26.2 Å². The summed E-state index contributed by atoms with van der Waals surface area (Å²) < 4.78 is 53.7. The van der Waals surface area contributed by atoms with E-state index in [4.69, 9.17) is 0 Å². The molecule has 0 N–H and O–H groups in total. The third-order valence-corrected chi connectivity index (χ3v) is 6.98. The van der Waals surface area contributed by atoms with Crippen LogP contribution in [-0.4, -0.2) is 49.3 Å². The lowest BCUT2D eigenvalue weighted by Crippen LogP contribution is -2.56. The molecule has 2 aliphatic heterocycles. The molecule has 2 aliphatic rings. The molecule has 3 rings (SSSR count). The van der Waals surface area contributed by atoms with Crippen LogP contribution in [0.5, 0.6) is 0 Å². The number of halogens is 2. The molecule has 0 radical (unpaired) electrons. The van der Waals surface area contributed by atoms with Gasteiger partial charge in [0.15, 0.2) is 11.6 Å². The Labute approximate surface area is 141 Å². The highest BCUT2D eigenvalue weighted by molar-refractivity contribution is 7.89. The summed E-state index contributed by atoms with van der Waals surface area (Å²) in [5.74, 6) is -2.19. The monoisotopic (exact) mass is 356 g/mol. The highest BCUT2D eigenvalue weighted by Gasteiger charge is 2.46. The second kappa shape index (κ2) is 6.54. The molecule has 132 valence electrons. The molecule has 24 heavy (non-hydrogen) atoms. The van der Waals surface area contributed by atoms with E-state index >= 15 is 0 Å².